The zero-order valence-corrected chi connectivity index (χ0v) is 16.9. The van der Waals surface area contributed by atoms with Crippen molar-refractivity contribution in [3.63, 3.8) is 0 Å². The summed E-state index contributed by atoms with van der Waals surface area (Å²) in [4.78, 5) is 12.3. The second-order valence-corrected chi connectivity index (χ2v) is 10.7. The fourth-order valence-electron chi connectivity index (χ4n) is 6.11. The minimum atomic E-state index is -3.71. The molecule has 0 spiro atoms. The van der Waals surface area contributed by atoms with E-state index in [1.807, 2.05) is 0 Å². The second kappa shape index (κ2) is 6.88. The Hall–Kier alpha value is -1.41. The first kappa shape index (κ1) is 18.9. The van der Waals surface area contributed by atoms with Crippen LogP contribution in [0.15, 0.2) is 9.42 Å². The Kier molecular flexibility index (Phi) is 4.83. The molecular formula is C19H29N3O4S. The molecule has 4 saturated carbocycles. The van der Waals surface area contributed by atoms with Crippen LogP contribution in [0.1, 0.15) is 56.4 Å². The van der Waals surface area contributed by atoms with E-state index in [0.29, 0.717) is 11.1 Å². The van der Waals surface area contributed by atoms with Gasteiger partial charge in [-0.3, -0.25) is 4.79 Å². The Morgan fingerprint density at radius 3 is 2.26 bits per heavy atom. The molecule has 0 aliphatic heterocycles. The van der Waals surface area contributed by atoms with Gasteiger partial charge in [-0.05, 0) is 75.5 Å². The van der Waals surface area contributed by atoms with Gasteiger partial charge in [-0.25, -0.2) is 13.1 Å². The zero-order valence-electron chi connectivity index (χ0n) is 16.1. The first-order valence-corrected chi connectivity index (χ1v) is 11.4. The highest BCUT2D eigenvalue weighted by molar-refractivity contribution is 7.89. The van der Waals surface area contributed by atoms with Gasteiger partial charge >= 0.3 is 0 Å². The molecule has 150 valence electrons. The Bertz CT molecular complexity index is 775. The highest BCUT2D eigenvalue weighted by Crippen LogP contribution is 2.59. The van der Waals surface area contributed by atoms with Crippen molar-refractivity contribution in [3.05, 3.63) is 11.5 Å². The third-order valence-corrected chi connectivity index (χ3v) is 8.41. The van der Waals surface area contributed by atoms with E-state index >= 15 is 0 Å². The molecule has 4 aliphatic carbocycles. The number of carbonyl (C=O) groups excluding carboxylic acids is 1. The topological polar surface area (TPSA) is 101 Å². The molecule has 8 heteroatoms. The average molecular weight is 396 g/mol. The predicted octanol–water partition coefficient (Wildman–Crippen LogP) is 2.29. The molecule has 4 bridgehead atoms. The largest absolute Gasteiger partial charge is 0.360 e. The van der Waals surface area contributed by atoms with Gasteiger partial charge in [0, 0.05) is 19.5 Å². The molecule has 0 unspecified atom stereocenters. The van der Waals surface area contributed by atoms with E-state index in [1.165, 1.54) is 38.5 Å². The maximum absolute atomic E-state index is 12.4. The van der Waals surface area contributed by atoms with Gasteiger partial charge < -0.3 is 9.84 Å². The third kappa shape index (κ3) is 3.78. The molecule has 4 aliphatic rings. The maximum Gasteiger partial charge on any atom is 0.245 e. The third-order valence-electron chi connectivity index (χ3n) is 6.71. The normalized spacial score (nSPS) is 32.0. The molecule has 1 amide bonds. The van der Waals surface area contributed by atoms with Gasteiger partial charge in [-0.2, -0.15) is 0 Å². The monoisotopic (exact) mass is 395 g/mol. The van der Waals surface area contributed by atoms with Crippen LogP contribution in [0.4, 0.5) is 0 Å². The van der Waals surface area contributed by atoms with Crippen molar-refractivity contribution in [2.75, 3.05) is 13.1 Å². The van der Waals surface area contributed by atoms with Crippen LogP contribution in [-0.2, 0) is 14.8 Å². The number of hydrogen-bond donors (Lipinski definition) is 2. The van der Waals surface area contributed by atoms with Gasteiger partial charge in [0.1, 0.15) is 10.6 Å². The summed E-state index contributed by atoms with van der Waals surface area (Å²) < 4.78 is 32.1. The summed E-state index contributed by atoms with van der Waals surface area (Å²) in [7, 11) is -3.71. The number of rotatable bonds is 7. The zero-order chi connectivity index (χ0) is 19.2. The van der Waals surface area contributed by atoms with Crippen molar-refractivity contribution in [2.24, 2.45) is 23.2 Å². The lowest BCUT2D eigenvalue weighted by molar-refractivity contribution is -0.123. The van der Waals surface area contributed by atoms with E-state index < -0.39 is 10.0 Å². The molecule has 0 saturated heterocycles. The SMILES string of the molecule is Cc1noc(C)c1S(=O)(=O)NCCC(=O)NCC12CC3CC(CC(C3)C1)C2. The molecule has 0 radical (unpaired) electrons. The lowest BCUT2D eigenvalue weighted by atomic mass is 9.49. The smallest absolute Gasteiger partial charge is 0.245 e. The standard InChI is InChI=1S/C19H29N3O4S/c1-12-18(13(2)26-22-12)27(24,25)21-4-3-17(23)20-11-19-8-14-5-15(9-19)7-16(6-14)10-19/h14-16,21H,3-11H2,1-2H3,(H,20,23). The van der Waals surface area contributed by atoms with Crippen LogP contribution in [0.3, 0.4) is 0 Å². The van der Waals surface area contributed by atoms with E-state index in [9.17, 15) is 13.2 Å². The van der Waals surface area contributed by atoms with Crippen molar-refractivity contribution in [1.29, 1.82) is 0 Å². The van der Waals surface area contributed by atoms with Crippen molar-refractivity contribution < 1.29 is 17.7 Å². The highest BCUT2D eigenvalue weighted by Gasteiger charge is 2.50. The van der Waals surface area contributed by atoms with Crippen LogP contribution in [0.25, 0.3) is 0 Å². The Labute approximate surface area is 160 Å². The van der Waals surface area contributed by atoms with Gasteiger partial charge in [-0.1, -0.05) is 5.16 Å². The Morgan fingerprint density at radius 1 is 1.15 bits per heavy atom. The molecule has 1 aromatic heterocycles. The number of aryl methyl sites for hydroxylation is 2. The lowest BCUT2D eigenvalue weighted by Gasteiger charge is -2.56. The van der Waals surface area contributed by atoms with Gasteiger partial charge in [-0.15, -0.1) is 0 Å². The van der Waals surface area contributed by atoms with E-state index in [-0.39, 0.29) is 29.5 Å². The van der Waals surface area contributed by atoms with Crippen LogP contribution in [0, 0.1) is 37.0 Å². The fraction of sp³-hybridized carbons (Fsp3) is 0.789. The summed E-state index contributed by atoms with van der Waals surface area (Å²) >= 11 is 0. The minimum absolute atomic E-state index is 0.0662. The Morgan fingerprint density at radius 2 is 1.74 bits per heavy atom. The van der Waals surface area contributed by atoms with E-state index in [2.05, 4.69) is 15.2 Å². The number of nitrogens with zero attached hydrogens (tertiary/aromatic N) is 1. The van der Waals surface area contributed by atoms with Gasteiger partial charge in [0.25, 0.3) is 0 Å². The number of aromatic nitrogens is 1. The predicted molar refractivity (Wildman–Crippen MR) is 99.4 cm³/mol. The van der Waals surface area contributed by atoms with Crippen molar-refractivity contribution in [2.45, 2.75) is 63.7 Å². The molecule has 27 heavy (non-hydrogen) atoms. The van der Waals surface area contributed by atoms with Gasteiger partial charge in [0.05, 0.1) is 0 Å². The summed E-state index contributed by atoms with van der Waals surface area (Å²) in [6.07, 6.45) is 8.03. The van der Waals surface area contributed by atoms with Crippen LogP contribution >= 0.6 is 0 Å². The first-order chi connectivity index (χ1) is 12.8. The number of nitrogens with one attached hydrogen (secondary N) is 2. The van der Waals surface area contributed by atoms with Crippen LogP contribution in [0.2, 0.25) is 0 Å². The van der Waals surface area contributed by atoms with Crippen LogP contribution in [-0.4, -0.2) is 32.6 Å². The summed E-state index contributed by atoms with van der Waals surface area (Å²) in [5, 5.41) is 6.75. The number of amides is 1. The second-order valence-electron chi connectivity index (χ2n) is 9.00. The first-order valence-electron chi connectivity index (χ1n) is 9.96. The molecule has 4 fully saturated rings. The maximum atomic E-state index is 12.4. The molecule has 2 N–H and O–H groups in total. The van der Waals surface area contributed by atoms with Gasteiger partial charge in [0.2, 0.25) is 15.9 Å². The number of sulfonamides is 1. The molecule has 0 atom stereocenters. The Balaban J connectivity index is 1.26. The van der Waals surface area contributed by atoms with Crippen LogP contribution in [0.5, 0.6) is 0 Å². The molecule has 1 heterocycles. The van der Waals surface area contributed by atoms with E-state index in [0.717, 1.165) is 24.3 Å². The van der Waals surface area contributed by atoms with Crippen molar-refractivity contribution in [1.82, 2.24) is 15.2 Å². The quantitative estimate of drug-likeness (QED) is 0.738. The minimum Gasteiger partial charge on any atom is -0.360 e. The summed E-state index contributed by atoms with van der Waals surface area (Å²) in [6.45, 7) is 3.96. The fourth-order valence-corrected chi connectivity index (χ4v) is 7.47. The number of hydrogen-bond acceptors (Lipinski definition) is 5. The summed E-state index contributed by atoms with van der Waals surface area (Å²) in [5.74, 6) is 2.73. The molecule has 1 aromatic rings. The summed E-state index contributed by atoms with van der Waals surface area (Å²) in [6, 6.07) is 0. The van der Waals surface area contributed by atoms with Crippen molar-refractivity contribution >= 4 is 15.9 Å². The van der Waals surface area contributed by atoms with E-state index in [4.69, 9.17) is 4.52 Å². The van der Waals surface area contributed by atoms with Gasteiger partial charge in [0.15, 0.2) is 5.76 Å². The molecule has 7 nitrogen and oxygen atoms in total. The van der Waals surface area contributed by atoms with Crippen molar-refractivity contribution in [3.8, 4) is 0 Å². The molecular weight excluding hydrogens is 366 g/mol. The average Bonchev–Trinajstić information content (AvgIpc) is 2.91. The highest BCUT2D eigenvalue weighted by atomic mass is 32.2. The summed E-state index contributed by atoms with van der Waals surface area (Å²) in [5.41, 5.74) is 0.618. The lowest BCUT2D eigenvalue weighted by Crippen LogP contribution is -2.51. The molecule has 5 rings (SSSR count). The molecule has 0 aromatic carbocycles. The number of carbonyl (C=O) groups is 1. The van der Waals surface area contributed by atoms with E-state index in [1.54, 1.807) is 13.8 Å². The van der Waals surface area contributed by atoms with Crippen LogP contribution < -0.4 is 10.0 Å².